The standard InChI is InChI=1S/C20H28N4O4/c1-13-11-14(7-9-21-13)20(25)23-17-8-10-22-24(17)12-15-5-6-16(26-2)19(28-4)18(15)27-3/h5-6,8,10,13-14,21H,7,9,11-12H2,1-4H3,(H,23,25)/t13-,14-/m0/s1. The van der Waals surface area contributed by atoms with Gasteiger partial charge in [-0.2, -0.15) is 5.10 Å². The highest BCUT2D eigenvalue weighted by molar-refractivity contribution is 5.91. The van der Waals surface area contributed by atoms with Gasteiger partial charge in [-0.05, 0) is 38.4 Å². The van der Waals surface area contributed by atoms with Crippen LogP contribution in [0.2, 0.25) is 0 Å². The Morgan fingerprint density at radius 1 is 1.21 bits per heavy atom. The molecule has 0 spiro atoms. The molecule has 0 unspecified atom stereocenters. The van der Waals surface area contributed by atoms with Gasteiger partial charge in [0.05, 0.1) is 34.1 Å². The number of carbonyl (C=O) groups excluding carboxylic acids is 1. The van der Waals surface area contributed by atoms with Crippen LogP contribution in [0.4, 0.5) is 5.82 Å². The molecule has 2 N–H and O–H groups in total. The van der Waals surface area contributed by atoms with Gasteiger partial charge in [0.25, 0.3) is 0 Å². The fourth-order valence-electron chi connectivity index (χ4n) is 3.61. The van der Waals surface area contributed by atoms with Crippen LogP contribution in [0, 0.1) is 5.92 Å². The van der Waals surface area contributed by atoms with E-state index in [0.717, 1.165) is 24.9 Å². The topological polar surface area (TPSA) is 86.6 Å². The van der Waals surface area contributed by atoms with Crippen LogP contribution in [0.15, 0.2) is 24.4 Å². The van der Waals surface area contributed by atoms with Crippen molar-refractivity contribution in [2.24, 2.45) is 5.92 Å². The number of hydrogen-bond acceptors (Lipinski definition) is 6. The van der Waals surface area contributed by atoms with Crippen molar-refractivity contribution in [2.45, 2.75) is 32.4 Å². The second-order valence-corrected chi connectivity index (χ2v) is 6.93. The first kappa shape index (κ1) is 20.0. The Labute approximate surface area is 165 Å². The van der Waals surface area contributed by atoms with Crippen molar-refractivity contribution in [1.29, 1.82) is 0 Å². The van der Waals surface area contributed by atoms with E-state index in [9.17, 15) is 4.79 Å². The lowest BCUT2D eigenvalue weighted by Gasteiger charge is -2.27. The molecule has 1 amide bonds. The first-order valence-electron chi connectivity index (χ1n) is 9.41. The summed E-state index contributed by atoms with van der Waals surface area (Å²) in [5.41, 5.74) is 0.870. The molecule has 0 aliphatic carbocycles. The smallest absolute Gasteiger partial charge is 0.228 e. The van der Waals surface area contributed by atoms with Crippen molar-refractivity contribution < 1.29 is 19.0 Å². The number of carbonyl (C=O) groups is 1. The van der Waals surface area contributed by atoms with Crippen molar-refractivity contribution in [3.05, 3.63) is 30.0 Å². The Hall–Kier alpha value is -2.74. The van der Waals surface area contributed by atoms with E-state index in [1.54, 1.807) is 38.3 Å². The summed E-state index contributed by atoms with van der Waals surface area (Å²) >= 11 is 0. The van der Waals surface area contributed by atoms with Crippen LogP contribution >= 0.6 is 0 Å². The van der Waals surface area contributed by atoms with Crippen LogP contribution < -0.4 is 24.8 Å². The number of amides is 1. The van der Waals surface area contributed by atoms with Crippen molar-refractivity contribution in [2.75, 3.05) is 33.2 Å². The zero-order valence-electron chi connectivity index (χ0n) is 16.8. The van der Waals surface area contributed by atoms with Gasteiger partial charge in [-0.1, -0.05) is 0 Å². The molecule has 2 atom stereocenters. The quantitative estimate of drug-likeness (QED) is 0.757. The van der Waals surface area contributed by atoms with Crippen molar-refractivity contribution >= 4 is 11.7 Å². The zero-order valence-corrected chi connectivity index (χ0v) is 16.8. The van der Waals surface area contributed by atoms with Crippen molar-refractivity contribution in [1.82, 2.24) is 15.1 Å². The number of anilines is 1. The molecule has 2 aromatic rings. The molecule has 1 aromatic carbocycles. The van der Waals surface area contributed by atoms with E-state index in [1.807, 2.05) is 12.1 Å². The number of rotatable bonds is 7. The van der Waals surface area contributed by atoms with E-state index in [1.165, 1.54) is 0 Å². The van der Waals surface area contributed by atoms with Gasteiger partial charge < -0.3 is 24.8 Å². The second kappa shape index (κ2) is 8.97. The van der Waals surface area contributed by atoms with Crippen LogP contribution in [0.1, 0.15) is 25.3 Å². The van der Waals surface area contributed by atoms with E-state index in [2.05, 4.69) is 22.7 Å². The molecule has 152 valence electrons. The number of nitrogens with one attached hydrogen (secondary N) is 2. The summed E-state index contributed by atoms with van der Waals surface area (Å²) in [6.07, 6.45) is 3.35. The Morgan fingerprint density at radius 2 is 2.00 bits per heavy atom. The van der Waals surface area contributed by atoms with E-state index < -0.39 is 0 Å². The minimum Gasteiger partial charge on any atom is -0.493 e. The molecule has 8 nitrogen and oxygen atoms in total. The molecule has 28 heavy (non-hydrogen) atoms. The van der Waals surface area contributed by atoms with Gasteiger partial charge in [0, 0.05) is 23.6 Å². The molecule has 0 radical (unpaired) electrons. The normalized spacial score (nSPS) is 19.1. The number of aromatic nitrogens is 2. The Kier molecular flexibility index (Phi) is 6.41. The minimum atomic E-state index is 0.00946. The fourth-order valence-corrected chi connectivity index (χ4v) is 3.61. The lowest BCUT2D eigenvalue weighted by atomic mass is 9.92. The summed E-state index contributed by atoms with van der Waals surface area (Å²) in [7, 11) is 4.74. The lowest BCUT2D eigenvalue weighted by molar-refractivity contribution is -0.120. The van der Waals surface area contributed by atoms with Gasteiger partial charge in [-0.15, -0.1) is 0 Å². The highest BCUT2D eigenvalue weighted by Gasteiger charge is 2.25. The Balaban J connectivity index is 1.78. The van der Waals surface area contributed by atoms with E-state index in [0.29, 0.717) is 35.7 Å². The summed E-state index contributed by atoms with van der Waals surface area (Å²) in [5, 5.41) is 10.8. The highest BCUT2D eigenvalue weighted by atomic mass is 16.5. The summed E-state index contributed by atoms with van der Waals surface area (Å²) < 4.78 is 18.1. The monoisotopic (exact) mass is 388 g/mol. The maximum Gasteiger partial charge on any atom is 0.228 e. The second-order valence-electron chi connectivity index (χ2n) is 6.93. The highest BCUT2D eigenvalue weighted by Crippen LogP contribution is 2.40. The largest absolute Gasteiger partial charge is 0.493 e. The zero-order chi connectivity index (χ0) is 20.1. The summed E-state index contributed by atoms with van der Waals surface area (Å²) in [6.45, 7) is 3.39. The Morgan fingerprint density at radius 3 is 2.68 bits per heavy atom. The molecule has 1 aliphatic heterocycles. The molecule has 1 aliphatic rings. The molecule has 0 saturated carbocycles. The average Bonchev–Trinajstić information content (AvgIpc) is 3.13. The van der Waals surface area contributed by atoms with Gasteiger partial charge in [-0.3, -0.25) is 4.79 Å². The van der Waals surface area contributed by atoms with E-state index >= 15 is 0 Å². The minimum absolute atomic E-state index is 0.00946. The lowest BCUT2D eigenvalue weighted by Crippen LogP contribution is -2.40. The number of ether oxygens (including phenoxy) is 3. The third kappa shape index (κ3) is 4.22. The van der Waals surface area contributed by atoms with Gasteiger partial charge >= 0.3 is 0 Å². The van der Waals surface area contributed by atoms with Crippen LogP contribution in [-0.4, -0.2) is 49.6 Å². The van der Waals surface area contributed by atoms with Gasteiger partial charge in [0.15, 0.2) is 11.5 Å². The van der Waals surface area contributed by atoms with E-state index in [4.69, 9.17) is 14.2 Å². The number of methoxy groups -OCH3 is 3. The SMILES string of the molecule is COc1ccc(Cn2nccc2NC(=O)[C@H]2CCN[C@@H](C)C2)c(OC)c1OC. The summed E-state index contributed by atoms with van der Waals surface area (Å²) in [6, 6.07) is 5.89. The van der Waals surface area contributed by atoms with Crippen LogP contribution in [-0.2, 0) is 11.3 Å². The van der Waals surface area contributed by atoms with Crippen LogP contribution in [0.25, 0.3) is 0 Å². The molecular weight excluding hydrogens is 360 g/mol. The molecule has 1 aromatic heterocycles. The third-order valence-electron chi connectivity index (χ3n) is 5.07. The predicted octanol–water partition coefficient (Wildman–Crippen LogP) is 2.28. The fraction of sp³-hybridized carbons (Fsp3) is 0.500. The maximum atomic E-state index is 12.7. The molecule has 0 bridgehead atoms. The van der Waals surface area contributed by atoms with Crippen molar-refractivity contribution in [3.8, 4) is 17.2 Å². The molecular formula is C20H28N4O4. The summed E-state index contributed by atoms with van der Waals surface area (Å²) in [4.78, 5) is 12.7. The maximum absolute atomic E-state index is 12.7. The predicted molar refractivity (Wildman–Crippen MR) is 106 cm³/mol. The Bertz CT molecular complexity index is 821. The van der Waals surface area contributed by atoms with Gasteiger partial charge in [0.1, 0.15) is 5.82 Å². The molecule has 8 heteroatoms. The number of piperidine rings is 1. The number of benzene rings is 1. The van der Waals surface area contributed by atoms with E-state index in [-0.39, 0.29) is 11.8 Å². The van der Waals surface area contributed by atoms with Gasteiger partial charge in [-0.25, -0.2) is 4.68 Å². The molecule has 1 fully saturated rings. The first-order chi connectivity index (χ1) is 13.6. The number of hydrogen-bond donors (Lipinski definition) is 2. The molecule has 3 rings (SSSR count). The van der Waals surface area contributed by atoms with Crippen LogP contribution in [0.5, 0.6) is 17.2 Å². The molecule has 1 saturated heterocycles. The van der Waals surface area contributed by atoms with Crippen LogP contribution in [0.3, 0.4) is 0 Å². The first-order valence-corrected chi connectivity index (χ1v) is 9.41. The van der Waals surface area contributed by atoms with Gasteiger partial charge in [0.2, 0.25) is 11.7 Å². The number of nitrogens with zero attached hydrogens (tertiary/aromatic N) is 2. The average molecular weight is 388 g/mol. The molecule has 2 heterocycles. The third-order valence-corrected chi connectivity index (χ3v) is 5.07. The summed E-state index contributed by atoms with van der Waals surface area (Å²) in [5.74, 6) is 2.42. The van der Waals surface area contributed by atoms with Crippen molar-refractivity contribution in [3.63, 3.8) is 0 Å².